The second-order valence-electron chi connectivity index (χ2n) is 5.23. The summed E-state index contributed by atoms with van der Waals surface area (Å²) in [6.45, 7) is 5.90. The molecule has 0 fully saturated rings. The molecule has 0 aromatic heterocycles. The molecular formula is C20H17BrN2O2. The Hall–Kier alpha value is -2.84. The second-order valence-corrected chi connectivity index (χ2v) is 6.08. The van der Waals surface area contributed by atoms with Gasteiger partial charge < -0.3 is 10.1 Å². The number of carbonyl (C=O) groups is 1. The second kappa shape index (κ2) is 8.86. The highest BCUT2D eigenvalue weighted by Crippen LogP contribution is 2.27. The van der Waals surface area contributed by atoms with E-state index >= 15 is 0 Å². The SMILES string of the molecule is C=CCOc1ccc(/C=C(/C#N)C(=O)Nc2ccccc2C)cc1Br. The van der Waals surface area contributed by atoms with E-state index in [0.29, 0.717) is 23.6 Å². The van der Waals surface area contributed by atoms with Gasteiger partial charge in [-0.1, -0.05) is 36.9 Å². The predicted octanol–water partition coefficient (Wildman–Crippen LogP) is 4.87. The number of amides is 1. The number of hydrogen-bond acceptors (Lipinski definition) is 3. The molecule has 0 bridgehead atoms. The lowest BCUT2D eigenvalue weighted by Gasteiger charge is -2.08. The fourth-order valence-corrected chi connectivity index (χ4v) is 2.60. The van der Waals surface area contributed by atoms with Crippen LogP contribution in [-0.4, -0.2) is 12.5 Å². The maximum absolute atomic E-state index is 12.3. The molecule has 0 aliphatic heterocycles. The highest BCUT2D eigenvalue weighted by Gasteiger charge is 2.11. The van der Waals surface area contributed by atoms with Crippen LogP contribution in [0.25, 0.3) is 6.08 Å². The van der Waals surface area contributed by atoms with E-state index in [0.717, 1.165) is 10.0 Å². The van der Waals surface area contributed by atoms with Crippen LogP contribution in [0, 0.1) is 18.3 Å². The Bertz CT molecular complexity index is 866. The molecule has 0 unspecified atom stereocenters. The molecule has 0 radical (unpaired) electrons. The normalized spacial score (nSPS) is 10.7. The summed E-state index contributed by atoms with van der Waals surface area (Å²) in [5.74, 6) is 0.222. The van der Waals surface area contributed by atoms with E-state index in [9.17, 15) is 10.1 Å². The number of nitrogens with zero attached hydrogens (tertiary/aromatic N) is 1. The van der Waals surface area contributed by atoms with Crippen molar-refractivity contribution in [2.45, 2.75) is 6.92 Å². The van der Waals surface area contributed by atoms with Crippen LogP contribution >= 0.6 is 15.9 Å². The number of halogens is 1. The van der Waals surface area contributed by atoms with Crippen LogP contribution < -0.4 is 10.1 Å². The van der Waals surface area contributed by atoms with E-state index in [4.69, 9.17) is 4.74 Å². The first-order chi connectivity index (χ1) is 12.0. The van der Waals surface area contributed by atoms with Crippen molar-refractivity contribution in [2.75, 3.05) is 11.9 Å². The molecule has 5 heteroatoms. The highest BCUT2D eigenvalue weighted by atomic mass is 79.9. The van der Waals surface area contributed by atoms with Crippen molar-refractivity contribution in [3.63, 3.8) is 0 Å². The number of hydrogen-bond donors (Lipinski definition) is 1. The monoisotopic (exact) mass is 396 g/mol. The molecule has 1 amide bonds. The average molecular weight is 397 g/mol. The minimum Gasteiger partial charge on any atom is -0.488 e. The van der Waals surface area contributed by atoms with Crippen LogP contribution in [0.2, 0.25) is 0 Å². The molecule has 0 atom stereocenters. The molecule has 0 heterocycles. The number of nitriles is 1. The molecule has 2 rings (SSSR count). The molecule has 4 nitrogen and oxygen atoms in total. The molecule has 2 aromatic carbocycles. The molecule has 0 aliphatic rings. The largest absolute Gasteiger partial charge is 0.488 e. The predicted molar refractivity (Wildman–Crippen MR) is 103 cm³/mol. The van der Waals surface area contributed by atoms with Gasteiger partial charge in [-0.15, -0.1) is 0 Å². The van der Waals surface area contributed by atoms with Crippen LogP contribution in [0.15, 0.2) is 65.2 Å². The van der Waals surface area contributed by atoms with E-state index in [-0.39, 0.29) is 5.57 Å². The standard InChI is InChI=1S/C20H17BrN2O2/c1-3-10-25-19-9-8-15(12-17(19)21)11-16(13-22)20(24)23-18-7-5-4-6-14(18)2/h3-9,11-12H,1,10H2,2H3,(H,23,24)/b16-11-. The Morgan fingerprint density at radius 1 is 1.36 bits per heavy atom. The van der Waals surface area contributed by atoms with Crippen LogP contribution in [0.4, 0.5) is 5.69 Å². The lowest BCUT2D eigenvalue weighted by molar-refractivity contribution is -0.112. The summed E-state index contributed by atoms with van der Waals surface area (Å²) in [6, 6.07) is 14.7. The molecule has 0 saturated carbocycles. The lowest BCUT2D eigenvalue weighted by atomic mass is 10.1. The van der Waals surface area contributed by atoms with Crippen molar-refractivity contribution in [1.29, 1.82) is 5.26 Å². The van der Waals surface area contributed by atoms with Crippen LogP contribution in [0.5, 0.6) is 5.75 Å². The topological polar surface area (TPSA) is 62.1 Å². The van der Waals surface area contributed by atoms with Crippen molar-refractivity contribution < 1.29 is 9.53 Å². The Morgan fingerprint density at radius 2 is 2.12 bits per heavy atom. The van der Waals surface area contributed by atoms with Gasteiger partial charge in [-0.05, 0) is 58.3 Å². The number of ether oxygens (including phenoxy) is 1. The van der Waals surface area contributed by atoms with Gasteiger partial charge in [-0.25, -0.2) is 0 Å². The molecule has 25 heavy (non-hydrogen) atoms. The summed E-state index contributed by atoms with van der Waals surface area (Å²) < 4.78 is 6.22. The lowest BCUT2D eigenvalue weighted by Crippen LogP contribution is -2.14. The maximum atomic E-state index is 12.3. The number of carbonyl (C=O) groups excluding carboxylic acids is 1. The van der Waals surface area contributed by atoms with Crippen molar-refractivity contribution in [1.82, 2.24) is 0 Å². The molecule has 2 aromatic rings. The van der Waals surface area contributed by atoms with Gasteiger partial charge in [0.15, 0.2) is 0 Å². The Balaban J connectivity index is 2.21. The van der Waals surface area contributed by atoms with Gasteiger partial charge in [0.1, 0.15) is 24.0 Å². The van der Waals surface area contributed by atoms with E-state index in [1.807, 2.05) is 31.2 Å². The van der Waals surface area contributed by atoms with Gasteiger partial charge in [-0.2, -0.15) is 5.26 Å². The Morgan fingerprint density at radius 3 is 2.76 bits per heavy atom. The highest BCUT2D eigenvalue weighted by molar-refractivity contribution is 9.10. The number of benzene rings is 2. The summed E-state index contributed by atoms with van der Waals surface area (Å²) in [5.41, 5.74) is 2.35. The molecule has 126 valence electrons. The van der Waals surface area contributed by atoms with Gasteiger partial charge in [0, 0.05) is 5.69 Å². The Kier molecular flexibility index (Phi) is 6.55. The number of anilines is 1. The molecular weight excluding hydrogens is 380 g/mol. The summed E-state index contributed by atoms with van der Waals surface area (Å²) >= 11 is 3.42. The van der Waals surface area contributed by atoms with Gasteiger partial charge in [0.05, 0.1) is 4.47 Å². The van der Waals surface area contributed by atoms with E-state index in [1.54, 1.807) is 30.3 Å². The first kappa shape index (κ1) is 18.5. The van der Waals surface area contributed by atoms with Gasteiger partial charge in [0.25, 0.3) is 5.91 Å². The van der Waals surface area contributed by atoms with E-state index < -0.39 is 5.91 Å². The zero-order chi connectivity index (χ0) is 18.2. The van der Waals surface area contributed by atoms with Crippen LogP contribution in [0.3, 0.4) is 0 Å². The first-order valence-corrected chi connectivity index (χ1v) is 8.36. The maximum Gasteiger partial charge on any atom is 0.266 e. The summed E-state index contributed by atoms with van der Waals surface area (Å²) in [5, 5.41) is 12.1. The fourth-order valence-electron chi connectivity index (χ4n) is 2.09. The number of aryl methyl sites for hydroxylation is 1. The molecule has 1 N–H and O–H groups in total. The van der Waals surface area contributed by atoms with Crippen LogP contribution in [0.1, 0.15) is 11.1 Å². The van der Waals surface area contributed by atoms with Gasteiger partial charge in [-0.3, -0.25) is 4.79 Å². The first-order valence-electron chi connectivity index (χ1n) is 7.57. The zero-order valence-corrected chi connectivity index (χ0v) is 15.3. The third-order valence-electron chi connectivity index (χ3n) is 3.38. The molecule has 0 spiro atoms. The van der Waals surface area contributed by atoms with Crippen molar-refractivity contribution in [2.24, 2.45) is 0 Å². The smallest absolute Gasteiger partial charge is 0.266 e. The van der Waals surface area contributed by atoms with Crippen LogP contribution in [-0.2, 0) is 4.79 Å². The van der Waals surface area contributed by atoms with Crippen molar-refractivity contribution in [3.8, 4) is 11.8 Å². The Labute approximate surface area is 155 Å². The minimum absolute atomic E-state index is 0.0231. The minimum atomic E-state index is -0.445. The quantitative estimate of drug-likeness (QED) is 0.430. The molecule has 0 aliphatic carbocycles. The van der Waals surface area contributed by atoms with E-state index in [1.165, 1.54) is 6.08 Å². The third-order valence-corrected chi connectivity index (χ3v) is 4.00. The van der Waals surface area contributed by atoms with Crippen molar-refractivity contribution >= 4 is 33.6 Å². The molecule has 0 saturated heterocycles. The number of rotatable bonds is 6. The number of nitrogens with one attached hydrogen (secondary N) is 1. The fraction of sp³-hybridized carbons (Fsp3) is 0.100. The van der Waals surface area contributed by atoms with Gasteiger partial charge >= 0.3 is 0 Å². The average Bonchev–Trinajstić information content (AvgIpc) is 2.60. The third kappa shape index (κ3) is 5.07. The number of para-hydroxylation sites is 1. The summed E-state index contributed by atoms with van der Waals surface area (Å²) in [7, 11) is 0. The van der Waals surface area contributed by atoms with E-state index in [2.05, 4.69) is 27.8 Å². The van der Waals surface area contributed by atoms with Crippen molar-refractivity contribution in [3.05, 3.63) is 76.3 Å². The zero-order valence-electron chi connectivity index (χ0n) is 13.8. The summed E-state index contributed by atoms with van der Waals surface area (Å²) in [4.78, 5) is 12.3. The summed E-state index contributed by atoms with van der Waals surface area (Å²) in [6.07, 6.45) is 3.19. The van der Waals surface area contributed by atoms with Gasteiger partial charge in [0.2, 0.25) is 0 Å².